The van der Waals surface area contributed by atoms with Crippen LogP contribution in [0.1, 0.15) is 15.2 Å². The molecule has 6 heteroatoms. The van der Waals surface area contributed by atoms with Gasteiger partial charge in [0.2, 0.25) is 0 Å². The number of hydrogen-bond donors (Lipinski definition) is 0. The van der Waals surface area contributed by atoms with E-state index in [9.17, 15) is 4.79 Å². The van der Waals surface area contributed by atoms with Gasteiger partial charge in [-0.2, -0.15) is 5.10 Å². The predicted octanol–water partition coefficient (Wildman–Crippen LogP) is 2.45. The van der Waals surface area contributed by atoms with Gasteiger partial charge in [0, 0.05) is 26.8 Å². The fourth-order valence-corrected chi connectivity index (χ4v) is 2.65. The fraction of sp³-hybridized carbons (Fsp3) is 0.333. The highest BCUT2D eigenvalue weighted by Gasteiger charge is 2.13. The van der Waals surface area contributed by atoms with Gasteiger partial charge in [-0.25, -0.2) is 0 Å². The molecule has 0 bridgehead atoms. The third-order valence-corrected chi connectivity index (χ3v) is 3.84. The monoisotopic (exact) mass is 283 g/mol. The number of thiophene rings is 1. The quantitative estimate of drug-likeness (QED) is 0.864. The second-order valence-corrected chi connectivity index (χ2v) is 5.82. The van der Waals surface area contributed by atoms with Crippen LogP contribution in [0.3, 0.4) is 0 Å². The van der Waals surface area contributed by atoms with Crippen molar-refractivity contribution in [1.82, 2.24) is 14.7 Å². The molecule has 4 nitrogen and oxygen atoms in total. The lowest BCUT2D eigenvalue weighted by Crippen LogP contribution is -2.28. The molecular weight excluding hydrogens is 270 g/mol. The Labute approximate surface area is 115 Å². The molecule has 0 radical (unpaired) electrons. The number of aryl methyl sites for hydroxylation is 1. The summed E-state index contributed by atoms with van der Waals surface area (Å²) >= 11 is 7.13. The van der Waals surface area contributed by atoms with Gasteiger partial charge in [0.25, 0.3) is 5.91 Å². The number of likely N-dealkylation sites (N-methyl/N-ethyl adjacent to an activating group) is 1. The van der Waals surface area contributed by atoms with Gasteiger partial charge in [0.05, 0.1) is 15.4 Å². The normalized spacial score (nSPS) is 10.6. The van der Waals surface area contributed by atoms with Crippen molar-refractivity contribution < 1.29 is 4.79 Å². The Kier molecular flexibility index (Phi) is 4.04. The maximum Gasteiger partial charge on any atom is 0.263 e. The molecule has 0 unspecified atom stereocenters. The van der Waals surface area contributed by atoms with E-state index in [2.05, 4.69) is 5.10 Å². The number of rotatable bonds is 4. The number of aromatic nitrogens is 2. The van der Waals surface area contributed by atoms with E-state index in [-0.39, 0.29) is 5.91 Å². The van der Waals surface area contributed by atoms with Crippen LogP contribution in [0.4, 0.5) is 0 Å². The van der Waals surface area contributed by atoms with E-state index in [1.165, 1.54) is 11.3 Å². The van der Waals surface area contributed by atoms with Crippen LogP contribution in [-0.4, -0.2) is 34.2 Å². The van der Waals surface area contributed by atoms with Crippen molar-refractivity contribution >= 4 is 28.8 Å². The molecule has 0 aromatic carbocycles. The molecule has 0 N–H and O–H groups in total. The van der Waals surface area contributed by atoms with Crippen molar-refractivity contribution in [3.63, 3.8) is 0 Å². The van der Waals surface area contributed by atoms with Crippen LogP contribution in [0.15, 0.2) is 24.5 Å². The summed E-state index contributed by atoms with van der Waals surface area (Å²) in [5.41, 5.74) is 1.13. The zero-order valence-corrected chi connectivity index (χ0v) is 11.8. The number of halogens is 1. The lowest BCUT2D eigenvalue weighted by Gasteiger charge is -2.15. The Bertz CT molecular complexity index is 549. The van der Waals surface area contributed by atoms with Gasteiger partial charge in [0.15, 0.2) is 0 Å². The first kappa shape index (κ1) is 13.1. The van der Waals surface area contributed by atoms with E-state index in [1.807, 2.05) is 19.4 Å². The lowest BCUT2D eigenvalue weighted by molar-refractivity contribution is 0.0801. The number of carbonyl (C=O) groups is 1. The van der Waals surface area contributed by atoms with E-state index in [4.69, 9.17) is 11.6 Å². The highest BCUT2D eigenvalue weighted by atomic mass is 35.5. The average Bonchev–Trinajstić information content (AvgIpc) is 2.94. The highest BCUT2D eigenvalue weighted by Crippen LogP contribution is 2.22. The smallest absolute Gasteiger partial charge is 0.263 e. The van der Waals surface area contributed by atoms with Crippen LogP contribution < -0.4 is 0 Å². The molecule has 0 aliphatic heterocycles. The highest BCUT2D eigenvalue weighted by molar-refractivity contribution is 7.17. The van der Waals surface area contributed by atoms with Crippen molar-refractivity contribution in [3.8, 4) is 0 Å². The molecule has 0 saturated carbocycles. The predicted molar refractivity (Wildman–Crippen MR) is 73.2 cm³/mol. The average molecular weight is 284 g/mol. The molecule has 1 amide bonds. The first-order valence-corrected chi connectivity index (χ1v) is 6.74. The standard InChI is InChI=1S/C12H14ClN3OS/c1-15(6-5-9-7-14-16(2)8-9)12(17)10-3-4-11(13)18-10/h3-4,7-8H,5-6H2,1-2H3. The summed E-state index contributed by atoms with van der Waals surface area (Å²) in [4.78, 5) is 14.4. The van der Waals surface area contributed by atoms with E-state index in [0.717, 1.165) is 12.0 Å². The summed E-state index contributed by atoms with van der Waals surface area (Å²) in [6, 6.07) is 3.50. The largest absolute Gasteiger partial charge is 0.341 e. The second-order valence-electron chi connectivity index (χ2n) is 4.10. The summed E-state index contributed by atoms with van der Waals surface area (Å²) in [5, 5.41) is 4.10. The van der Waals surface area contributed by atoms with E-state index >= 15 is 0 Å². The van der Waals surface area contributed by atoms with Crippen LogP contribution in [0.2, 0.25) is 4.34 Å². The molecular formula is C12H14ClN3OS. The molecule has 0 aliphatic rings. The molecule has 2 heterocycles. The zero-order valence-electron chi connectivity index (χ0n) is 10.3. The minimum Gasteiger partial charge on any atom is -0.341 e. The Hall–Kier alpha value is -1.33. The first-order chi connectivity index (χ1) is 8.56. The maximum atomic E-state index is 12.0. The van der Waals surface area contributed by atoms with Crippen molar-refractivity contribution in [3.05, 3.63) is 39.3 Å². The van der Waals surface area contributed by atoms with Crippen molar-refractivity contribution in [2.75, 3.05) is 13.6 Å². The molecule has 18 heavy (non-hydrogen) atoms. The number of nitrogens with zero attached hydrogens (tertiary/aromatic N) is 3. The third kappa shape index (κ3) is 3.11. The van der Waals surface area contributed by atoms with Crippen LogP contribution in [0.25, 0.3) is 0 Å². The van der Waals surface area contributed by atoms with Crippen LogP contribution >= 0.6 is 22.9 Å². The zero-order chi connectivity index (χ0) is 13.1. The van der Waals surface area contributed by atoms with Crippen molar-refractivity contribution in [2.45, 2.75) is 6.42 Å². The molecule has 0 aliphatic carbocycles. The number of carbonyl (C=O) groups excluding carboxylic acids is 1. The Morgan fingerprint density at radius 1 is 1.56 bits per heavy atom. The fourth-order valence-electron chi connectivity index (χ4n) is 1.62. The van der Waals surface area contributed by atoms with E-state index in [0.29, 0.717) is 15.8 Å². The third-order valence-electron chi connectivity index (χ3n) is 2.62. The minimum absolute atomic E-state index is 0.00999. The molecule has 0 saturated heterocycles. The van der Waals surface area contributed by atoms with Gasteiger partial charge in [-0.05, 0) is 24.1 Å². The van der Waals surface area contributed by atoms with Crippen LogP contribution in [0, 0.1) is 0 Å². The molecule has 0 atom stereocenters. The summed E-state index contributed by atoms with van der Waals surface area (Å²) in [5.74, 6) is 0.00999. The minimum atomic E-state index is 0.00999. The molecule has 2 aromatic rings. The molecule has 96 valence electrons. The molecule has 2 aromatic heterocycles. The summed E-state index contributed by atoms with van der Waals surface area (Å²) < 4.78 is 2.40. The maximum absolute atomic E-state index is 12.0. The van der Waals surface area contributed by atoms with Gasteiger partial charge in [0.1, 0.15) is 0 Å². The van der Waals surface area contributed by atoms with Crippen LogP contribution in [0.5, 0.6) is 0 Å². The van der Waals surface area contributed by atoms with E-state index < -0.39 is 0 Å². The first-order valence-electron chi connectivity index (χ1n) is 5.54. The summed E-state index contributed by atoms with van der Waals surface area (Å²) in [6.45, 7) is 0.667. The van der Waals surface area contributed by atoms with Gasteiger partial charge >= 0.3 is 0 Å². The number of amides is 1. The number of hydrogen-bond acceptors (Lipinski definition) is 3. The molecule has 0 spiro atoms. The Morgan fingerprint density at radius 3 is 2.89 bits per heavy atom. The van der Waals surface area contributed by atoms with E-state index in [1.54, 1.807) is 28.8 Å². The SMILES string of the molecule is CN(CCc1cnn(C)c1)C(=O)c1ccc(Cl)s1. The topological polar surface area (TPSA) is 38.1 Å². The second kappa shape index (κ2) is 5.54. The Balaban J connectivity index is 1.91. The molecule has 2 rings (SSSR count). The van der Waals surface area contributed by atoms with Crippen LogP contribution in [-0.2, 0) is 13.5 Å². The van der Waals surface area contributed by atoms with Crippen molar-refractivity contribution in [1.29, 1.82) is 0 Å². The molecule has 0 fully saturated rings. The lowest BCUT2D eigenvalue weighted by atomic mass is 10.2. The summed E-state index contributed by atoms with van der Waals surface area (Å²) in [7, 11) is 3.68. The van der Waals surface area contributed by atoms with Crippen molar-refractivity contribution in [2.24, 2.45) is 7.05 Å². The van der Waals surface area contributed by atoms with Gasteiger partial charge in [-0.15, -0.1) is 11.3 Å². The summed E-state index contributed by atoms with van der Waals surface area (Å²) in [6.07, 6.45) is 4.58. The van der Waals surface area contributed by atoms with Gasteiger partial charge in [-0.3, -0.25) is 9.48 Å². The van der Waals surface area contributed by atoms with Gasteiger partial charge < -0.3 is 4.90 Å². The Morgan fingerprint density at radius 2 is 2.33 bits per heavy atom. The van der Waals surface area contributed by atoms with Gasteiger partial charge in [-0.1, -0.05) is 11.6 Å².